The molecule has 1 aliphatic heterocycles. The van der Waals surface area contributed by atoms with Crippen LogP contribution < -0.4 is 25.4 Å². The molecule has 2 aromatic rings. The Bertz CT molecular complexity index is 847. The van der Waals surface area contributed by atoms with Crippen molar-refractivity contribution in [2.24, 2.45) is 5.41 Å². The molecule has 0 aromatic heterocycles. The zero-order chi connectivity index (χ0) is 20.0. The molecule has 0 spiro atoms. The SMILES string of the molecule is COc1cccc(NC(=O)CC2(C(=O)Nc3cccc(OC)c3)CCNC2)c1. The molecule has 1 aliphatic rings. The third kappa shape index (κ3) is 4.61. The summed E-state index contributed by atoms with van der Waals surface area (Å²) in [6, 6.07) is 14.3. The van der Waals surface area contributed by atoms with E-state index in [-0.39, 0.29) is 18.2 Å². The van der Waals surface area contributed by atoms with Gasteiger partial charge in [0.25, 0.3) is 0 Å². The number of hydrogen-bond donors (Lipinski definition) is 3. The summed E-state index contributed by atoms with van der Waals surface area (Å²) in [6.45, 7) is 1.15. The van der Waals surface area contributed by atoms with Gasteiger partial charge in [0.05, 0.1) is 19.6 Å². The van der Waals surface area contributed by atoms with Crippen LogP contribution in [0.3, 0.4) is 0 Å². The van der Waals surface area contributed by atoms with Crippen LogP contribution in [0, 0.1) is 5.41 Å². The van der Waals surface area contributed by atoms with Crippen LogP contribution in [0.1, 0.15) is 12.8 Å². The molecule has 2 aromatic carbocycles. The van der Waals surface area contributed by atoms with Crippen molar-refractivity contribution in [3.05, 3.63) is 48.5 Å². The van der Waals surface area contributed by atoms with Crippen LogP contribution in [0.2, 0.25) is 0 Å². The minimum atomic E-state index is -0.800. The lowest BCUT2D eigenvalue weighted by molar-refractivity contribution is -0.129. The number of ether oxygens (including phenoxy) is 2. The summed E-state index contributed by atoms with van der Waals surface area (Å²) in [7, 11) is 3.15. The fraction of sp³-hybridized carbons (Fsp3) is 0.333. The van der Waals surface area contributed by atoms with Gasteiger partial charge in [0.1, 0.15) is 11.5 Å². The Balaban J connectivity index is 1.70. The van der Waals surface area contributed by atoms with Crippen LogP contribution in [0.4, 0.5) is 11.4 Å². The van der Waals surface area contributed by atoms with E-state index in [0.717, 1.165) is 0 Å². The standard InChI is InChI=1S/C21H25N3O4/c1-27-17-7-3-5-15(11-17)23-19(25)13-21(9-10-22-14-21)20(26)24-16-6-4-8-18(12-16)28-2/h3-8,11-12,22H,9-10,13-14H2,1-2H3,(H,23,25)(H,24,26). The lowest BCUT2D eigenvalue weighted by atomic mass is 9.82. The van der Waals surface area contributed by atoms with Gasteiger partial charge < -0.3 is 25.4 Å². The molecule has 2 amide bonds. The van der Waals surface area contributed by atoms with Crippen molar-refractivity contribution in [1.29, 1.82) is 0 Å². The maximum atomic E-state index is 13.0. The number of benzene rings is 2. The van der Waals surface area contributed by atoms with Gasteiger partial charge in [0.15, 0.2) is 0 Å². The monoisotopic (exact) mass is 383 g/mol. The fourth-order valence-electron chi connectivity index (χ4n) is 3.35. The van der Waals surface area contributed by atoms with Crippen molar-refractivity contribution in [3.63, 3.8) is 0 Å². The van der Waals surface area contributed by atoms with E-state index in [1.54, 1.807) is 50.6 Å². The maximum absolute atomic E-state index is 13.0. The van der Waals surface area contributed by atoms with Gasteiger partial charge in [-0.1, -0.05) is 12.1 Å². The number of nitrogens with one attached hydrogen (secondary N) is 3. The predicted molar refractivity (Wildman–Crippen MR) is 108 cm³/mol. The highest BCUT2D eigenvalue weighted by Crippen LogP contribution is 2.32. The molecule has 3 N–H and O–H groups in total. The number of methoxy groups -OCH3 is 2. The van der Waals surface area contributed by atoms with Crippen LogP contribution in [0.5, 0.6) is 11.5 Å². The normalized spacial score (nSPS) is 18.4. The van der Waals surface area contributed by atoms with Crippen molar-refractivity contribution in [2.75, 3.05) is 37.9 Å². The quantitative estimate of drug-likeness (QED) is 0.684. The summed E-state index contributed by atoms with van der Waals surface area (Å²) in [5, 5.41) is 8.99. The Morgan fingerprint density at radius 1 is 1.00 bits per heavy atom. The molecular formula is C21H25N3O4. The molecular weight excluding hydrogens is 358 g/mol. The van der Waals surface area contributed by atoms with Gasteiger partial charge in [0, 0.05) is 36.5 Å². The van der Waals surface area contributed by atoms with Gasteiger partial charge >= 0.3 is 0 Å². The highest BCUT2D eigenvalue weighted by Gasteiger charge is 2.43. The first-order valence-electron chi connectivity index (χ1n) is 9.15. The van der Waals surface area contributed by atoms with E-state index in [4.69, 9.17) is 9.47 Å². The number of anilines is 2. The molecule has 0 aliphatic carbocycles. The van der Waals surface area contributed by atoms with Gasteiger partial charge in [-0.3, -0.25) is 9.59 Å². The second-order valence-corrected chi connectivity index (χ2v) is 6.85. The van der Waals surface area contributed by atoms with E-state index in [2.05, 4.69) is 16.0 Å². The summed E-state index contributed by atoms with van der Waals surface area (Å²) in [4.78, 5) is 25.7. The summed E-state index contributed by atoms with van der Waals surface area (Å²) in [5.74, 6) is 0.933. The lowest BCUT2D eigenvalue weighted by Gasteiger charge is -2.26. The fourth-order valence-corrected chi connectivity index (χ4v) is 3.35. The molecule has 0 bridgehead atoms. The number of amides is 2. The first-order valence-corrected chi connectivity index (χ1v) is 9.15. The van der Waals surface area contributed by atoms with Crippen molar-refractivity contribution in [3.8, 4) is 11.5 Å². The van der Waals surface area contributed by atoms with Gasteiger partial charge in [-0.2, -0.15) is 0 Å². The Morgan fingerprint density at radius 3 is 2.14 bits per heavy atom. The van der Waals surface area contributed by atoms with E-state index >= 15 is 0 Å². The van der Waals surface area contributed by atoms with Gasteiger partial charge in [-0.05, 0) is 37.2 Å². The summed E-state index contributed by atoms with van der Waals surface area (Å²) < 4.78 is 10.4. The number of rotatable bonds is 7. The molecule has 28 heavy (non-hydrogen) atoms. The van der Waals surface area contributed by atoms with Gasteiger partial charge in [0.2, 0.25) is 11.8 Å². The van der Waals surface area contributed by atoms with Crippen LogP contribution in [-0.4, -0.2) is 39.1 Å². The molecule has 0 radical (unpaired) electrons. The van der Waals surface area contributed by atoms with Gasteiger partial charge in [-0.25, -0.2) is 0 Å². The predicted octanol–water partition coefficient (Wildman–Crippen LogP) is 2.65. The number of hydrogen-bond acceptors (Lipinski definition) is 5. The second-order valence-electron chi connectivity index (χ2n) is 6.85. The molecule has 1 atom stereocenters. The van der Waals surface area contributed by atoms with Crippen molar-refractivity contribution in [2.45, 2.75) is 12.8 Å². The number of carbonyl (C=O) groups is 2. The minimum Gasteiger partial charge on any atom is -0.497 e. The van der Waals surface area contributed by atoms with E-state index in [1.807, 2.05) is 12.1 Å². The van der Waals surface area contributed by atoms with E-state index < -0.39 is 5.41 Å². The highest BCUT2D eigenvalue weighted by atomic mass is 16.5. The first-order chi connectivity index (χ1) is 13.5. The Labute approximate surface area is 164 Å². The van der Waals surface area contributed by atoms with Crippen LogP contribution in [0.15, 0.2) is 48.5 Å². The van der Waals surface area contributed by atoms with E-state index in [9.17, 15) is 9.59 Å². The lowest BCUT2D eigenvalue weighted by Crippen LogP contribution is -2.41. The smallest absolute Gasteiger partial charge is 0.232 e. The van der Waals surface area contributed by atoms with Crippen molar-refractivity contribution in [1.82, 2.24) is 5.32 Å². The van der Waals surface area contributed by atoms with Crippen molar-refractivity contribution < 1.29 is 19.1 Å². The van der Waals surface area contributed by atoms with Crippen LogP contribution in [0.25, 0.3) is 0 Å². The molecule has 7 heteroatoms. The summed E-state index contributed by atoms with van der Waals surface area (Å²) in [5.41, 5.74) is 0.481. The first kappa shape index (κ1) is 19.7. The molecule has 1 heterocycles. The third-order valence-electron chi connectivity index (χ3n) is 4.91. The molecule has 7 nitrogen and oxygen atoms in total. The van der Waals surface area contributed by atoms with E-state index in [1.165, 1.54) is 0 Å². The largest absolute Gasteiger partial charge is 0.497 e. The van der Waals surface area contributed by atoms with Crippen LogP contribution in [-0.2, 0) is 9.59 Å². The maximum Gasteiger partial charge on any atom is 0.232 e. The molecule has 148 valence electrons. The Hall–Kier alpha value is -3.06. The molecule has 1 fully saturated rings. The minimum absolute atomic E-state index is 0.0903. The summed E-state index contributed by atoms with van der Waals surface area (Å²) >= 11 is 0. The van der Waals surface area contributed by atoms with Gasteiger partial charge in [-0.15, -0.1) is 0 Å². The Kier molecular flexibility index (Phi) is 6.16. The molecule has 3 rings (SSSR count). The third-order valence-corrected chi connectivity index (χ3v) is 4.91. The zero-order valence-corrected chi connectivity index (χ0v) is 16.1. The average molecular weight is 383 g/mol. The van der Waals surface area contributed by atoms with Crippen molar-refractivity contribution >= 4 is 23.2 Å². The topological polar surface area (TPSA) is 88.7 Å². The summed E-state index contributed by atoms with van der Waals surface area (Å²) in [6.07, 6.45) is 0.682. The highest BCUT2D eigenvalue weighted by molar-refractivity contribution is 6.01. The average Bonchev–Trinajstić information content (AvgIpc) is 3.17. The van der Waals surface area contributed by atoms with Crippen LogP contribution >= 0.6 is 0 Å². The zero-order valence-electron chi connectivity index (χ0n) is 16.1. The second kappa shape index (κ2) is 8.75. The molecule has 0 saturated carbocycles. The molecule has 1 saturated heterocycles. The Morgan fingerprint density at radius 2 is 1.61 bits per heavy atom. The molecule has 1 unspecified atom stereocenters. The number of carbonyl (C=O) groups excluding carboxylic acids is 2. The van der Waals surface area contributed by atoms with E-state index in [0.29, 0.717) is 42.4 Å².